The average Bonchev–Trinajstić information content (AvgIpc) is 3.28. The number of hydrogen-bond donors (Lipinski definition) is 2. The van der Waals surface area contributed by atoms with Crippen LogP contribution in [0.2, 0.25) is 0 Å². The maximum absolute atomic E-state index is 14.6. The number of nitrogens with two attached hydrogens (primary N) is 2. The highest BCUT2D eigenvalue weighted by molar-refractivity contribution is 8.03. The van der Waals surface area contributed by atoms with Gasteiger partial charge in [-0.2, -0.15) is 5.10 Å². The van der Waals surface area contributed by atoms with Crippen molar-refractivity contribution < 1.29 is 13.5 Å². The van der Waals surface area contributed by atoms with E-state index < -0.39 is 17.0 Å². The second kappa shape index (κ2) is 9.05. The van der Waals surface area contributed by atoms with Gasteiger partial charge in [0.2, 0.25) is 0 Å². The van der Waals surface area contributed by atoms with Gasteiger partial charge in [-0.1, -0.05) is 17.8 Å². The number of anilines is 2. The van der Waals surface area contributed by atoms with Crippen LogP contribution in [0.25, 0.3) is 0 Å². The minimum Gasteiger partial charge on any atom is -0.392 e. The molecule has 0 aliphatic carbocycles. The Bertz CT molecular complexity index is 947. The van der Waals surface area contributed by atoms with Gasteiger partial charge >= 0.3 is 0 Å². The fraction of sp³-hybridized carbons (Fsp3) is 0.476. The third kappa shape index (κ3) is 4.11. The second-order valence-corrected chi connectivity index (χ2v) is 8.87. The van der Waals surface area contributed by atoms with Crippen molar-refractivity contribution in [3.8, 4) is 0 Å². The Morgan fingerprint density at radius 2 is 1.94 bits per heavy atom. The van der Waals surface area contributed by atoms with E-state index in [9.17, 15) is 8.78 Å². The van der Waals surface area contributed by atoms with Gasteiger partial charge < -0.3 is 26.0 Å². The van der Waals surface area contributed by atoms with Crippen LogP contribution in [0.4, 0.5) is 20.3 Å². The molecular formula is C21H28F2N6OS. The van der Waals surface area contributed by atoms with E-state index in [-0.39, 0.29) is 17.7 Å². The zero-order valence-corrected chi connectivity index (χ0v) is 18.5. The first-order valence-corrected chi connectivity index (χ1v) is 11.3. The van der Waals surface area contributed by atoms with Crippen molar-refractivity contribution in [3.05, 3.63) is 52.8 Å². The lowest BCUT2D eigenvalue weighted by Crippen LogP contribution is -2.35. The number of hydrogen-bond acceptors (Lipinski definition) is 7. The van der Waals surface area contributed by atoms with Gasteiger partial charge in [0.05, 0.1) is 22.9 Å². The van der Waals surface area contributed by atoms with E-state index in [1.165, 1.54) is 30.0 Å². The molecule has 168 valence electrons. The highest BCUT2D eigenvalue weighted by Gasteiger charge is 2.35. The van der Waals surface area contributed by atoms with Gasteiger partial charge in [0.1, 0.15) is 22.7 Å². The fourth-order valence-corrected chi connectivity index (χ4v) is 5.34. The van der Waals surface area contributed by atoms with Crippen molar-refractivity contribution in [2.75, 3.05) is 30.0 Å². The minimum absolute atomic E-state index is 0.00964. The van der Waals surface area contributed by atoms with Gasteiger partial charge in [0.25, 0.3) is 0 Å². The smallest absolute Gasteiger partial charge is 0.151 e. The molecule has 0 bridgehead atoms. The summed E-state index contributed by atoms with van der Waals surface area (Å²) in [6.07, 6.45) is 5.00. The predicted octanol–water partition coefficient (Wildman–Crippen LogP) is 3.13. The summed E-state index contributed by atoms with van der Waals surface area (Å²) in [5, 5.41) is 4.37. The summed E-state index contributed by atoms with van der Waals surface area (Å²) in [6.45, 7) is 4.14. The van der Waals surface area contributed by atoms with Crippen LogP contribution in [0.15, 0.2) is 35.6 Å². The van der Waals surface area contributed by atoms with Crippen LogP contribution >= 0.6 is 11.8 Å². The Hall–Kier alpha value is -2.30. The monoisotopic (exact) mass is 450 g/mol. The lowest BCUT2D eigenvalue weighted by Gasteiger charge is -2.30. The second-order valence-electron chi connectivity index (χ2n) is 7.72. The van der Waals surface area contributed by atoms with Crippen molar-refractivity contribution >= 4 is 23.3 Å². The molecule has 4 rings (SSSR count). The highest BCUT2D eigenvalue weighted by atomic mass is 32.2. The van der Waals surface area contributed by atoms with Gasteiger partial charge in [-0.15, -0.1) is 0 Å². The third-order valence-electron chi connectivity index (χ3n) is 5.88. The van der Waals surface area contributed by atoms with E-state index in [1.54, 1.807) is 19.5 Å². The first-order valence-electron chi connectivity index (χ1n) is 10.4. The zero-order valence-electron chi connectivity index (χ0n) is 17.7. The molecule has 1 aromatic carbocycles. The number of aromatic nitrogens is 2. The maximum atomic E-state index is 14.6. The van der Waals surface area contributed by atoms with E-state index in [0.717, 1.165) is 37.4 Å². The molecule has 2 aliphatic rings. The van der Waals surface area contributed by atoms with Gasteiger partial charge in [-0.3, -0.25) is 0 Å². The lowest BCUT2D eigenvalue weighted by atomic mass is 10.1. The molecule has 4 N–H and O–H groups in total. The largest absolute Gasteiger partial charge is 0.392 e. The molecule has 2 aliphatic heterocycles. The number of aryl methyl sites for hydroxylation is 1. The molecule has 31 heavy (non-hydrogen) atoms. The van der Waals surface area contributed by atoms with Gasteiger partial charge in [0.15, 0.2) is 5.82 Å². The van der Waals surface area contributed by atoms with Crippen LogP contribution in [-0.2, 0) is 11.3 Å². The van der Waals surface area contributed by atoms with E-state index in [4.69, 9.17) is 16.2 Å². The number of benzene rings is 1. The molecule has 0 saturated carbocycles. The van der Waals surface area contributed by atoms with Crippen LogP contribution < -0.4 is 21.3 Å². The van der Waals surface area contributed by atoms with Crippen LogP contribution in [0, 0.1) is 11.6 Å². The molecular weight excluding hydrogens is 422 g/mol. The first-order chi connectivity index (χ1) is 14.9. The number of rotatable bonds is 5. The lowest BCUT2D eigenvalue weighted by molar-refractivity contribution is 0.0781. The first kappa shape index (κ1) is 21.9. The summed E-state index contributed by atoms with van der Waals surface area (Å²) in [4.78, 5) is 4.04. The van der Waals surface area contributed by atoms with Crippen LogP contribution in [0.3, 0.4) is 0 Å². The number of thioether (sulfide) groups is 1. The van der Waals surface area contributed by atoms with Crippen molar-refractivity contribution in [1.29, 1.82) is 0 Å². The maximum Gasteiger partial charge on any atom is 0.151 e. The number of methoxy groups -OCH3 is 1. The molecule has 10 heteroatoms. The number of nitrogens with zero attached hydrogens (tertiary/aromatic N) is 4. The van der Waals surface area contributed by atoms with E-state index in [0.29, 0.717) is 11.6 Å². The van der Waals surface area contributed by atoms with E-state index >= 15 is 0 Å². The molecule has 3 unspecified atom stereocenters. The van der Waals surface area contributed by atoms with Crippen LogP contribution in [0.5, 0.6) is 0 Å². The molecule has 7 nitrogen and oxygen atoms in total. The standard InChI is InChI=1S/C21H28F2N6OS/c1-3-29-20(27-9-7-15(24)17(30-2)8-10-27)16(11-26-29)28-12-18(25)31-21(28)19-13(22)5-4-6-14(19)23/h4-6,11-12,15,17,21H,3,7-10,24-25H2,1-2H3. The third-order valence-corrected chi connectivity index (χ3v) is 6.94. The van der Waals surface area contributed by atoms with Gasteiger partial charge in [0, 0.05) is 39.0 Å². The van der Waals surface area contributed by atoms with E-state index in [2.05, 4.69) is 10.00 Å². The predicted molar refractivity (Wildman–Crippen MR) is 120 cm³/mol. The molecule has 3 heterocycles. The summed E-state index contributed by atoms with van der Waals surface area (Å²) in [7, 11) is 1.69. The zero-order chi connectivity index (χ0) is 22.1. The van der Waals surface area contributed by atoms with Crippen molar-refractivity contribution in [2.45, 2.75) is 43.8 Å². The number of ether oxygens (including phenoxy) is 1. The molecule has 2 aromatic rings. The van der Waals surface area contributed by atoms with Crippen LogP contribution in [0.1, 0.15) is 30.7 Å². The Labute approximate surface area is 185 Å². The molecule has 1 saturated heterocycles. The summed E-state index contributed by atoms with van der Waals surface area (Å²) in [5.74, 6) is -0.308. The van der Waals surface area contributed by atoms with Gasteiger partial charge in [-0.05, 0) is 31.9 Å². The molecule has 0 amide bonds. The Kier molecular flexibility index (Phi) is 6.40. The topological polar surface area (TPSA) is 85.6 Å². The van der Waals surface area contributed by atoms with Crippen molar-refractivity contribution in [2.24, 2.45) is 11.5 Å². The minimum atomic E-state index is -0.657. The van der Waals surface area contributed by atoms with Gasteiger partial charge in [-0.25, -0.2) is 13.5 Å². The van der Waals surface area contributed by atoms with Crippen molar-refractivity contribution in [1.82, 2.24) is 9.78 Å². The summed E-state index contributed by atoms with van der Waals surface area (Å²) < 4.78 is 36.7. The number of halogens is 2. The van der Waals surface area contributed by atoms with Crippen LogP contribution in [-0.4, -0.2) is 42.1 Å². The summed E-state index contributed by atoms with van der Waals surface area (Å²) >= 11 is 1.22. The Morgan fingerprint density at radius 1 is 1.23 bits per heavy atom. The highest BCUT2D eigenvalue weighted by Crippen LogP contribution is 2.48. The summed E-state index contributed by atoms with van der Waals surface area (Å²) in [6, 6.07) is 3.85. The quantitative estimate of drug-likeness (QED) is 0.724. The molecule has 0 radical (unpaired) electrons. The molecule has 1 aromatic heterocycles. The van der Waals surface area contributed by atoms with E-state index in [1.807, 2.05) is 16.5 Å². The fourth-order valence-electron chi connectivity index (χ4n) is 4.27. The normalized spacial score (nSPS) is 24.4. The SMILES string of the molecule is CCn1ncc(N2C=C(N)SC2c2c(F)cccc2F)c1N1CCC(N)C(OC)CC1. The molecule has 1 fully saturated rings. The average molecular weight is 451 g/mol. The molecule has 0 spiro atoms. The summed E-state index contributed by atoms with van der Waals surface area (Å²) in [5.41, 5.74) is 13.1. The Balaban J connectivity index is 1.73. The Morgan fingerprint density at radius 3 is 2.61 bits per heavy atom. The van der Waals surface area contributed by atoms with Crippen molar-refractivity contribution in [3.63, 3.8) is 0 Å². The molecule has 3 atom stereocenters.